The molecule has 1 atom stereocenters. The van der Waals surface area contributed by atoms with Crippen molar-refractivity contribution in [1.29, 1.82) is 0 Å². The quantitative estimate of drug-likeness (QED) is 0.627. The number of halogens is 1. The molecule has 1 unspecified atom stereocenters. The molecule has 1 fully saturated rings. The highest BCUT2D eigenvalue weighted by Crippen LogP contribution is 2.34. The van der Waals surface area contributed by atoms with Gasteiger partial charge in [-0.15, -0.1) is 0 Å². The highest BCUT2D eigenvalue weighted by molar-refractivity contribution is 5.93. The molecule has 0 bridgehead atoms. The summed E-state index contributed by atoms with van der Waals surface area (Å²) in [6.45, 7) is 1.45. The number of ether oxygens (including phenoxy) is 2. The molecule has 28 heavy (non-hydrogen) atoms. The van der Waals surface area contributed by atoms with Crippen LogP contribution >= 0.6 is 0 Å². The van der Waals surface area contributed by atoms with Gasteiger partial charge in [-0.3, -0.25) is 4.98 Å². The van der Waals surface area contributed by atoms with Crippen LogP contribution in [0.25, 0.3) is 27.9 Å². The third kappa shape index (κ3) is 3.16. The van der Waals surface area contributed by atoms with Crippen LogP contribution < -0.4 is 0 Å². The second-order valence-electron chi connectivity index (χ2n) is 7.16. The molecule has 0 aromatic carbocycles. The molecule has 3 aromatic heterocycles. The van der Waals surface area contributed by atoms with Crippen molar-refractivity contribution in [2.45, 2.75) is 38.3 Å². The van der Waals surface area contributed by atoms with Crippen molar-refractivity contribution in [2.24, 2.45) is 0 Å². The molecular formula is C21H21FN4O2. The van der Waals surface area contributed by atoms with Gasteiger partial charge in [0.05, 0.1) is 36.0 Å². The van der Waals surface area contributed by atoms with Crippen molar-refractivity contribution in [3.8, 4) is 11.4 Å². The van der Waals surface area contributed by atoms with E-state index in [0.29, 0.717) is 11.4 Å². The maximum absolute atomic E-state index is 13.8. The molecule has 0 N–H and O–H groups in total. The van der Waals surface area contributed by atoms with E-state index in [1.54, 1.807) is 18.4 Å². The molecule has 144 valence electrons. The molecule has 3 aromatic rings. The lowest BCUT2D eigenvalue weighted by molar-refractivity contribution is -0.0365. The summed E-state index contributed by atoms with van der Waals surface area (Å²) in [7, 11) is 0. The van der Waals surface area contributed by atoms with E-state index in [-0.39, 0.29) is 6.23 Å². The third-order valence-corrected chi connectivity index (χ3v) is 5.24. The molecule has 2 aliphatic heterocycles. The molecule has 0 radical (unpaired) electrons. The summed E-state index contributed by atoms with van der Waals surface area (Å²) < 4.78 is 27.1. The minimum atomic E-state index is -0.521. The molecule has 0 amide bonds. The van der Waals surface area contributed by atoms with E-state index < -0.39 is 5.95 Å². The molecule has 6 nitrogen and oxygen atoms in total. The van der Waals surface area contributed by atoms with Crippen LogP contribution in [0.2, 0.25) is 0 Å². The van der Waals surface area contributed by atoms with Crippen LogP contribution in [0.15, 0.2) is 36.7 Å². The predicted octanol–water partition coefficient (Wildman–Crippen LogP) is 4.48. The van der Waals surface area contributed by atoms with Gasteiger partial charge in [0.1, 0.15) is 5.69 Å². The van der Waals surface area contributed by atoms with Gasteiger partial charge in [0.2, 0.25) is 5.95 Å². The highest BCUT2D eigenvalue weighted by atomic mass is 19.1. The summed E-state index contributed by atoms with van der Waals surface area (Å²) in [6.07, 6.45) is 8.42. The van der Waals surface area contributed by atoms with Gasteiger partial charge in [-0.1, -0.05) is 6.07 Å². The van der Waals surface area contributed by atoms with Gasteiger partial charge in [-0.05, 0) is 50.3 Å². The second-order valence-corrected chi connectivity index (χ2v) is 7.16. The standard InChI is InChI=1S/C21H21FN4O2/c22-19-7-3-6-16(24-19)21-15-11-17(14-5-4-9-27-13-14)23-12-18(15)26(25-21)20-8-1-2-10-28-20/h3,6-7,11-13,20H,1-2,4-5,8-10H2. The number of nitrogens with zero attached hydrogens (tertiary/aromatic N) is 4. The topological polar surface area (TPSA) is 62.1 Å². The van der Waals surface area contributed by atoms with Gasteiger partial charge in [-0.2, -0.15) is 9.49 Å². The fraction of sp³-hybridized carbons (Fsp3) is 0.381. The summed E-state index contributed by atoms with van der Waals surface area (Å²) in [5.74, 6) is -0.521. The summed E-state index contributed by atoms with van der Waals surface area (Å²) in [5, 5.41) is 5.67. The van der Waals surface area contributed by atoms with E-state index in [1.165, 1.54) is 6.07 Å². The van der Waals surface area contributed by atoms with Crippen molar-refractivity contribution in [1.82, 2.24) is 19.7 Å². The zero-order chi connectivity index (χ0) is 18.9. The van der Waals surface area contributed by atoms with Crippen LogP contribution in [0.4, 0.5) is 4.39 Å². The summed E-state index contributed by atoms with van der Waals surface area (Å²) in [5.41, 5.74) is 3.94. The SMILES string of the molecule is Fc1cccc(-c2nn(C3CCCCO3)c3cnc(C4=COCCC4)cc23)n1. The third-order valence-electron chi connectivity index (χ3n) is 5.24. The van der Waals surface area contributed by atoms with Crippen molar-refractivity contribution < 1.29 is 13.9 Å². The monoisotopic (exact) mass is 380 g/mol. The van der Waals surface area contributed by atoms with Gasteiger partial charge >= 0.3 is 0 Å². The number of hydrogen-bond donors (Lipinski definition) is 0. The lowest BCUT2D eigenvalue weighted by Gasteiger charge is -2.23. The van der Waals surface area contributed by atoms with E-state index >= 15 is 0 Å². The van der Waals surface area contributed by atoms with Crippen LogP contribution in [-0.4, -0.2) is 33.0 Å². The van der Waals surface area contributed by atoms with Gasteiger partial charge in [0.15, 0.2) is 6.23 Å². The Kier molecular flexibility index (Phi) is 4.52. The Labute approximate surface area is 162 Å². The normalized spacial score (nSPS) is 20.0. The average molecular weight is 380 g/mol. The Morgan fingerprint density at radius 2 is 2.07 bits per heavy atom. The smallest absolute Gasteiger partial charge is 0.213 e. The summed E-state index contributed by atoms with van der Waals surface area (Å²) in [4.78, 5) is 8.70. The number of pyridine rings is 2. The van der Waals surface area contributed by atoms with E-state index in [9.17, 15) is 4.39 Å². The maximum atomic E-state index is 13.8. The van der Waals surface area contributed by atoms with E-state index in [2.05, 4.69) is 9.97 Å². The Hall–Kier alpha value is -2.80. The summed E-state index contributed by atoms with van der Waals surface area (Å²) >= 11 is 0. The maximum Gasteiger partial charge on any atom is 0.213 e. The number of rotatable bonds is 3. The molecule has 0 saturated carbocycles. The van der Waals surface area contributed by atoms with E-state index in [0.717, 1.165) is 67.5 Å². The number of aromatic nitrogens is 4. The fourth-order valence-electron chi connectivity index (χ4n) is 3.83. The Bertz CT molecular complexity index is 1040. The molecular weight excluding hydrogens is 359 g/mol. The van der Waals surface area contributed by atoms with Crippen molar-refractivity contribution in [2.75, 3.05) is 13.2 Å². The van der Waals surface area contributed by atoms with Gasteiger partial charge in [0.25, 0.3) is 0 Å². The highest BCUT2D eigenvalue weighted by Gasteiger charge is 2.23. The number of allylic oxidation sites excluding steroid dienone is 1. The largest absolute Gasteiger partial charge is 0.501 e. The molecule has 1 saturated heterocycles. The molecule has 5 heterocycles. The molecule has 7 heteroatoms. The first-order chi connectivity index (χ1) is 13.8. The van der Waals surface area contributed by atoms with Crippen molar-refractivity contribution >= 4 is 16.5 Å². The van der Waals surface area contributed by atoms with Crippen LogP contribution in [0.3, 0.4) is 0 Å². The van der Waals surface area contributed by atoms with Gasteiger partial charge in [0, 0.05) is 17.6 Å². The first kappa shape index (κ1) is 17.3. The number of fused-ring (bicyclic) bond motifs is 1. The van der Waals surface area contributed by atoms with Crippen LogP contribution in [-0.2, 0) is 9.47 Å². The Morgan fingerprint density at radius 1 is 1.11 bits per heavy atom. The van der Waals surface area contributed by atoms with Crippen molar-refractivity contribution in [3.63, 3.8) is 0 Å². The summed E-state index contributed by atoms with van der Waals surface area (Å²) in [6, 6.07) is 6.77. The van der Waals surface area contributed by atoms with Gasteiger partial charge < -0.3 is 9.47 Å². The molecule has 5 rings (SSSR count). The lowest BCUT2D eigenvalue weighted by Crippen LogP contribution is -2.19. The van der Waals surface area contributed by atoms with Crippen molar-refractivity contribution in [3.05, 3.63) is 48.4 Å². The minimum absolute atomic E-state index is 0.136. The lowest BCUT2D eigenvalue weighted by atomic mass is 10.0. The zero-order valence-electron chi connectivity index (χ0n) is 15.5. The Morgan fingerprint density at radius 3 is 2.86 bits per heavy atom. The first-order valence-electron chi connectivity index (χ1n) is 9.73. The fourth-order valence-corrected chi connectivity index (χ4v) is 3.83. The van der Waals surface area contributed by atoms with Crippen LogP contribution in [0.5, 0.6) is 0 Å². The van der Waals surface area contributed by atoms with Gasteiger partial charge in [-0.25, -0.2) is 9.67 Å². The molecule has 0 spiro atoms. The van der Waals surface area contributed by atoms with Crippen LogP contribution in [0, 0.1) is 5.95 Å². The number of hydrogen-bond acceptors (Lipinski definition) is 5. The van der Waals surface area contributed by atoms with E-state index in [4.69, 9.17) is 14.6 Å². The first-order valence-corrected chi connectivity index (χ1v) is 9.73. The zero-order valence-corrected chi connectivity index (χ0v) is 15.5. The predicted molar refractivity (Wildman–Crippen MR) is 103 cm³/mol. The second kappa shape index (κ2) is 7.31. The molecule has 0 aliphatic carbocycles. The average Bonchev–Trinajstić information content (AvgIpc) is 3.14. The Balaban J connectivity index is 1.68. The minimum Gasteiger partial charge on any atom is -0.501 e. The molecule has 2 aliphatic rings. The van der Waals surface area contributed by atoms with E-state index in [1.807, 2.05) is 16.9 Å². The van der Waals surface area contributed by atoms with Crippen LogP contribution in [0.1, 0.15) is 44.0 Å².